The fraction of sp³-hybridized carbons (Fsp3) is 0.417. The Morgan fingerprint density at radius 2 is 1.82 bits per heavy atom. The Morgan fingerprint density at radius 1 is 1.29 bits per heavy atom. The number of amides is 1. The summed E-state index contributed by atoms with van der Waals surface area (Å²) < 4.78 is 40.1. The van der Waals surface area contributed by atoms with Crippen LogP contribution in [0.2, 0.25) is 0 Å². The highest BCUT2D eigenvalue weighted by atomic mass is 19.2. The molecule has 1 amide bonds. The Morgan fingerprint density at radius 3 is 2.29 bits per heavy atom. The van der Waals surface area contributed by atoms with E-state index in [2.05, 4.69) is 0 Å². The first-order valence-corrected chi connectivity index (χ1v) is 5.09. The molecule has 17 heavy (non-hydrogen) atoms. The summed E-state index contributed by atoms with van der Waals surface area (Å²) in [7, 11) is 0. The van der Waals surface area contributed by atoms with Gasteiger partial charge in [-0.3, -0.25) is 4.79 Å². The number of rotatable bonds is 3. The Bertz CT molecular complexity index is 469. The van der Waals surface area contributed by atoms with Crippen molar-refractivity contribution in [2.45, 2.75) is 27.2 Å². The van der Waals surface area contributed by atoms with Gasteiger partial charge >= 0.3 is 0 Å². The molecule has 5 heteroatoms. The summed E-state index contributed by atoms with van der Waals surface area (Å²) in [6.07, 6.45) is -0.151. The van der Waals surface area contributed by atoms with Gasteiger partial charge in [0.25, 0.3) is 0 Å². The monoisotopic (exact) mass is 245 g/mol. The van der Waals surface area contributed by atoms with Gasteiger partial charge in [-0.2, -0.15) is 0 Å². The number of halogens is 3. The predicted octanol–water partition coefficient (Wildman–Crippen LogP) is 2.47. The van der Waals surface area contributed by atoms with E-state index in [1.54, 1.807) is 0 Å². The molecule has 2 N–H and O–H groups in total. The maximum atomic E-state index is 13.5. The molecule has 94 valence electrons. The SMILES string of the molecule is Cc1c(F)cc(CC(C)(C)C(N)=O)c(F)c1F. The molecule has 0 heterocycles. The normalized spacial score (nSPS) is 11.6. The zero-order valence-electron chi connectivity index (χ0n) is 9.90. The van der Waals surface area contributed by atoms with Gasteiger partial charge in [-0.25, -0.2) is 13.2 Å². The second-order valence-electron chi connectivity index (χ2n) is 4.70. The summed E-state index contributed by atoms with van der Waals surface area (Å²) in [5, 5.41) is 0. The van der Waals surface area contributed by atoms with Crippen LogP contribution >= 0.6 is 0 Å². The van der Waals surface area contributed by atoms with Gasteiger partial charge < -0.3 is 5.73 Å². The fourth-order valence-corrected chi connectivity index (χ4v) is 1.43. The highest BCUT2D eigenvalue weighted by Gasteiger charge is 2.28. The molecule has 1 rings (SSSR count). The molecular formula is C12H14F3NO. The van der Waals surface area contributed by atoms with Crippen molar-refractivity contribution >= 4 is 5.91 Å². The van der Waals surface area contributed by atoms with Gasteiger partial charge in [-0.1, -0.05) is 13.8 Å². The molecule has 0 radical (unpaired) electrons. The quantitative estimate of drug-likeness (QED) is 0.817. The lowest BCUT2D eigenvalue weighted by molar-refractivity contribution is -0.125. The van der Waals surface area contributed by atoms with Crippen molar-refractivity contribution in [1.82, 2.24) is 0 Å². The van der Waals surface area contributed by atoms with Gasteiger partial charge in [0.2, 0.25) is 5.91 Å². The van der Waals surface area contributed by atoms with Crippen molar-refractivity contribution in [3.05, 3.63) is 34.6 Å². The molecule has 0 aliphatic heterocycles. The Balaban J connectivity index is 3.21. The third-order valence-corrected chi connectivity index (χ3v) is 2.76. The molecule has 0 fully saturated rings. The lowest BCUT2D eigenvalue weighted by Crippen LogP contribution is -2.33. The van der Waals surface area contributed by atoms with Gasteiger partial charge in [0, 0.05) is 11.0 Å². The van der Waals surface area contributed by atoms with E-state index in [-0.39, 0.29) is 17.5 Å². The summed E-state index contributed by atoms with van der Waals surface area (Å²) in [4.78, 5) is 11.1. The van der Waals surface area contributed by atoms with Crippen molar-refractivity contribution in [1.29, 1.82) is 0 Å². The van der Waals surface area contributed by atoms with Crippen LogP contribution in [0.5, 0.6) is 0 Å². The number of benzene rings is 1. The van der Waals surface area contributed by atoms with Crippen LogP contribution in [0.25, 0.3) is 0 Å². The Hall–Kier alpha value is -1.52. The first-order valence-electron chi connectivity index (χ1n) is 5.09. The maximum Gasteiger partial charge on any atom is 0.223 e. The van der Waals surface area contributed by atoms with Gasteiger partial charge in [0.05, 0.1) is 0 Å². The molecule has 0 aromatic heterocycles. The lowest BCUT2D eigenvalue weighted by atomic mass is 9.84. The molecule has 0 saturated carbocycles. The highest BCUT2D eigenvalue weighted by molar-refractivity contribution is 5.80. The van der Waals surface area contributed by atoms with E-state index < -0.39 is 28.8 Å². The first-order chi connectivity index (χ1) is 7.66. The van der Waals surface area contributed by atoms with E-state index >= 15 is 0 Å². The lowest BCUT2D eigenvalue weighted by Gasteiger charge is -2.21. The van der Waals surface area contributed by atoms with E-state index in [0.717, 1.165) is 13.0 Å². The molecule has 1 aromatic rings. The van der Waals surface area contributed by atoms with Crippen molar-refractivity contribution in [3.63, 3.8) is 0 Å². The number of carbonyl (C=O) groups is 1. The predicted molar refractivity (Wildman–Crippen MR) is 57.7 cm³/mol. The summed E-state index contributed by atoms with van der Waals surface area (Å²) in [5.74, 6) is -3.84. The smallest absolute Gasteiger partial charge is 0.223 e. The van der Waals surface area contributed by atoms with Crippen LogP contribution in [0.1, 0.15) is 25.0 Å². The third-order valence-electron chi connectivity index (χ3n) is 2.76. The minimum atomic E-state index is -1.22. The van der Waals surface area contributed by atoms with E-state index in [0.29, 0.717) is 0 Å². The molecule has 0 aliphatic rings. The largest absolute Gasteiger partial charge is 0.369 e. The van der Waals surface area contributed by atoms with Gasteiger partial charge in [0.15, 0.2) is 11.6 Å². The van der Waals surface area contributed by atoms with Gasteiger partial charge in [-0.15, -0.1) is 0 Å². The van der Waals surface area contributed by atoms with Crippen LogP contribution in [-0.2, 0) is 11.2 Å². The molecule has 0 unspecified atom stereocenters. The summed E-state index contributed by atoms with van der Waals surface area (Å²) in [5.41, 5.74) is 3.51. The molecule has 2 nitrogen and oxygen atoms in total. The topological polar surface area (TPSA) is 43.1 Å². The zero-order chi connectivity index (χ0) is 13.4. The minimum absolute atomic E-state index is 0.151. The van der Waals surface area contributed by atoms with E-state index in [4.69, 9.17) is 5.73 Å². The van der Waals surface area contributed by atoms with Crippen LogP contribution in [0, 0.1) is 29.8 Å². The maximum absolute atomic E-state index is 13.5. The van der Waals surface area contributed by atoms with Crippen LogP contribution in [0.4, 0.5) is 13.2 Å². The number of hydrogen-bond acceptors (Lipinski definition) is 1. The highest BCUT2D eigenvalue weighted by Crippen LogP contribution is 2.26. The second-order valence-corrected chi connectivity index (χ2v) is 4.70. The molecule has 0 spiro atoms. The summed E-state index contributed by atoms with van der Waals surface area (Å²) in [6, 6.07) is 0.901. The van der Waals surface area contributed by atoms with Crippen LogP contribution < -0.4 is 5.73 Å². The molecule has 0 bridgehead atoms. The average Bonchev–Trinajstić information content (AvgIpc) is 2.22. The van der Waals surface area contributed by atoms with E-state index in [1.807, 2.05) is 0 Å². The first kappa shape index (κ1) is 13.5. The number of primary amides is 1. The Kier molecular flexibility index (Phi) is 3.50. The summed E-state index contributed by atoms with van der Waals surface area (Å²) >= 11 is 0. The van der Waals surface area contributed by atoms with Crippen LogP contribution in [0.3, 0.4) is 0 Å². The Labute approximate surface area is 97.6 Å². The number of carbonyl (C=O) groups excluding carboxylic acids is 1. The zero-order valence-corrected chi connectivity index (χ0v) is 9.90. The van der Waals surface area contributed by atoms with Crippen molar-refractivity contribution < 1.29 is 18.0 Å². The minimum Gasteiger partial charge on any atom is -0.369 e. The molecule has 0 aliphatic carbocycles. The second kappa shape index (κ2) is 4.39. The summed E-state index contributed by atoms with van der Waals surface area (Å²) in [6.45, 7) is 4.13. The van der Waals surface area contributed by atoms with E-state index in [9.17, 15) is 18.0 Å². The molecule has 0 atom stereocenters. The van der Waals surface area contributed by atoms with Gasteiger partial charge in [0.1, 0.15) is 5.82 Å². The third kappa shape index (κ3) is 2.60. The van der Waals surface area contributed by atoms with Crippen molar-refractivity contribution in [2.24, 2.45) is 11.1 Å². The molecule has 1 aromatic carbocycles. The van der Waals surface area contributed by atoms with Crippen molar-refractivity contribution in [2.75, 3.05) is 0 Å². The van der Waals surface area contributed by atoms with E-state index in [1.165, 1.54) is 13.8 Å². The average molecular weight is 245 g/mol. The molecule has 0 saturated heterocycles. The van der Waals surface area contributed by atoms with Crippen LogP contribution in [0.15, 0.2) is 6.07 Å². The van der Waals surface area contributed by atoms with Crippen molar-refractivity contribution in [3.8, 4) is 0 Å². The molecular weight excluding hydrogens is 231 g/mol. The standard InChI is InChI=1S/C12H14F3NO/c1-6-8(13)4-7(10(15)9(6)14)5-12(2,3)11(16)17/h4H,5H2,1-3H3,(H2,16,17). The van der Waals surface area contributed by atoms with Gasteiger partial charge in [-0.05, 0) is 25.0 Å². The number of hydrogen-bond donors (Lipinski definition) is 1. The van der Waals surface area contributed by atoms with Crippen LogP contribution in [-0.4, -0.2) is 5.91 Å². The fourth-order valence-electron chi connectivity index (χ4n) is 1.43. The number of nitrogens with two attached hydrogens (primary N) is 1.